The van der Waals surface area contributed by atoms with Crippen LogP contribution < -0.4 is 10.6 Å². The number of nitrogens with one attached hydrogen (secondary N) is 2. The lowest BCUT2D eigenvalue weighted by molar-refractivity contribution is 0.141. The Morgan fingerprint density at radius 3 is 2.57 bits per heavy atom. The predicted molar refractivity (Wildman–Crippen MR) is 114 cm³/mol. The van der Waals surface area contributed by atoms with Crippen molar-refractivity contribution in [1.82, 2.24) is 10.6 Å². The van der Waals surface area contributed by atoms with Gasteiger partial charge < -0.3 is 15.4 Å². The molecule has 2 N–H and O–H groups in total. The topological polar surface area (TPSA) is 45.7 Å². The van der Waals surface area contributed by atoms with Crippen molar-refractivity contribution in [2.24, 2.45) is 10.4 Å². The molecular weight excluding hydrogens is 421 g/mol. The highest BCUT2D eigenvalue weighted by molar-refractivity contribution is 14.0. The molecule has 0 amide bonds. The van der Waals surface area contributed by atoms with Crippen molar-refractivity contribution in [2.75, 3.05) is 45.4 Å². The van der Waals surface area contributed by atoms with Crippen LogP contribution in [0, 0.1) is 5.41 Å². The number of hydrogen-bond acceptors (Lipinski definition) is 3. The van der Waals surface area contributed by atoms with E-state index < -0.39 is 0 Å². The Kier molecular flexibility index (Phi) is 14.8. The lowest BCUT2D eigenvalue weighted by Gasteiger charge is -2.27. The molecule has 0 spiro atoms. The Morgan fingerprint density at radius 2 is 1.96 bits per heavy atom. The highest BCUT2D eigenvalue weighted by Crippen LogP contribution is 2.41. The van der Waals surface area contributed by atoms with Crippen molar-refractivity contribution in [2.45, 2.75) is 51.9 Å². The number of guanidine groups is 1. The molecule has 0 unspecified atom stereocenters. The second kappa shape index (κ2) is 14.6. The van der Waals surface area contributed by atoms with E-state index in [0.29, 0.717) is 5.41 Å². The van der Waals surface area contributed by atoms with Gasteiger partial charge in [0.25, 0.3) is 0 Å². The number of halogens is 1. The molecule has 1 saturated carbocycles. The van der Waals surface area contributed by atoms with Crippen molar-refractivity contribution in [3.05, 3.63) is 0 Å². The van der Waals surface area contributed by atoms with Crippen LogP contribution in [0.25, 0.3) is 0 Å². The van der Waals surface area contributed by atoms with Crippen molar-refractivity contribution >= 4 is 41.7 Å². The second-order valence-corrected chi connectivity index (χ2v) is 7.26. The van der Waals surface area contributed by atoms with Gasteiger partial charge in [-0.25, -0.2) is 0 Å². The van der Waals surface area contributed by atoms with E-state index in [1.807, 2.05) is 11.8 Å². The molecule has 1 aliphatic rings. The lowest BCUT2D eigenvalue weighted by Crippen LogP contribution is -2.39. The van der Waals surface area contributed by atoms with Gasteiger partial charge in [-0.1, -0.05) is 12.8 Å². The average Bonchev–Trinajstić information content (AvgIpc) is 2.99. The molecule has 6 heteroatoms. The normalized spacial score (nSPS) is 16.9. The highest BCUT2D eigenvalue weighted by Gasteiger charge is 2.33. The summed E-state index contributed by atoms with van der Waals surface area (Å²) in [5, 5.41) is 6.85. The quantitative estimate of drug-likeness (QED) is 0.214. The van der Waals surface area contributed by atoms with Crippen LogP contribution in [0.15, 0.2) is 4.99 Å². The van der Waals surface area contributed by atoms with Crippen LogP contribution in [-0.2, 0) is 4.74 Å². The molecule has 1 fully saturated rings. The van der Waals surface area contributed by atoms with Crippen molar-refractivity contribution < 1.29 is 4.74 Å². The van der Waals surface area contributed by atoms with E-state index in [0.717, 1.165) is 38.6 Å². The van der Waals surface area contributed by atoms with Gasteiger partial charge in [-0.2, -0.15) is 11.8 Å². The summed E-state index contributed by atoms with van der Waals surface area (Å²) in [6, 6.07) is 0. The molecule has 23 heavy (non-hydrogen) atoms. The molecule has 0 heterocycles. The van der Waals surface area contributed by atoms with Gasteiger partial charge in [0, 0.05) is 33.4 Å². The molecule has 0 atom stereocenters. The van der Waals surface area contributed by atoms with Crippen LogP contribution in [-0.4, -0.2) is 51.3 Å². The van der Waals surface area contributed by atoms with Crippen LogP contribution in [0.1, 0.15) is 51.9 Å². The van der Waals surface area contributed by atoms with Gasteiger partial charge in [0.2, 0.25) is 0 Å². The number of ether oxygens (including phenoxy) is 1. The Bertz CT molecular complexity index is 310. The lowest BCUT2D eigenvalue weighted by atomic mass is 9.83. The van der Waals surface area contributed by atoms with E-state index >= 15 is 0 Å². The summed E-state index contributed by atoms with van der Waals surface area (Å²) in [6.45, 7) is 5.84. The fourth-order valence-electron chi connectivity index (χ4n) is 3.10. The average molecular weight is 457 g/mol. The molecule has 0 saturated heterocycles. The SMILES string of the molecule is CCNC(=NCC1(CCOC)CCCC1)NCCCCSC.I. The molecule has 138 valence electrons. The third-order valence-electron chi connectivity index (χ3n) is 4.49. The fourth-order valence-corrected chi connectivity index (χ4v) is 3.59. The van der Waals surface area contributed by atoms with E-state index in [9.17, 15) is 0 Å². The van der Waals surface area contributed by atoms with Crippen molar-refractivity contribution in [3.63, 3.8) is 0 Å². The van der Waals surface area contributed by atoms with E-state index in [-0.39, 0.29) is 24.0 Å². The zero-order valence-corrected chi connectivity index (χ0v) is 18.3. The molecule has 0 aromatic carbocycles. The van der Waals surface area contributed by atoms with Gasteiger partial charge in [0.1, 0.15) is 0 Å². The van der Waals surface area contributed by atoms with Gasteiger partial charge in [-0.3, -0.25) is 4.99 Å². The molecule has 1 aliphatic carbocycles. The minimum absolute atomic E-state index is 0. The summed E-state index contributed by atoms with van der Waals surface area (Å²) < 4.78 is 5.30. The van der Waals surface area contributed by atoms with Gasteiger partial charge in [-0.15, -0.1) is 24.0 Å². The van der Waals surface area contributed by atoms with E-state index in [4.69, 9.17) is 9.73 Å². The number of thioether (sulfide) groups is 1. The first-order valence-electron chi connectivity index (χ1n) is 8.76. The van der Waals surface area contributed by atoms with Gasteiger partial charge in [0.15, 0.2) is 5.96 Å². The van der Waals surface area contributed by atoms with E-state index in [2.05, 4.69) is 23.8 Å². The maximum atomic E-state index is 5.30. The smallest absolute Gasteiger partial charge is 0.191 e. The summed E-state index contributed by atoms with van der Waals surface area (Å²) in [4.78, 5) is 4.87. The third kappa shape index (κ3) is 10.0. The number of methoxy groups -OCH3 is 1. The maximum absolute atomic E-state index is 5.30. The first kappa shape index (κ1) is 23.3. The summed E-state index contributed by atoms with van der Waals surface area (Å²) in [6.07, 6.45) is 11.1. The minimum atomic E-state index is 0. The molecule has 1 rings (SSSR count). The zero-order chi connectivity index (χ0) is 16.1. The highest BCUT2D eigenvalue weighted by atomic mass is 127. The van der Waals surface area contributed by atoms with E-state index in [1.54, 1.807) is 7.11 Å². The minimum Gasteiger partial charge on any atom is -0.385 e. The predicted octanol–water partition coefficient (Wildman–Crippen LogP) is 3.90. The molecule has 0 aromatic rings. The Labute approximate surface area is 164 Å². The number of rotatable bonds is 11. The number of hydrogen-bond donors (Lipinski definition) is 2. The molecule has 0 radical (unpaired) electrons. The summed E-state index contributed by atoms with van der Waals surface area (Å²) >= 11 is 1.92. The third-order valence-corrected chi connectivity index (χ3v) is 5.18. The molecule has 0 bridgehead atoms. The number of unbranched alkanes of at least 4 members (excludes halogenated alkanes) is 1. The monoisotopic (exact) mass is 457 g/mol. The summed E-state index contributed by atoms with van der Waals surface area (Å²) in [5.74, 6) is 2.23. The van der Waals surface area contributed by atoms with Crippen LogP contribution in [0.4, 0.5) is 0 Å². The Balaban J connectivity index is 0.00000484. The number of nitrogens with zero attached hydrogens (tertiary/aromatic N) is 1. The first-order valence-corrected chi connectivity index (χ1v) is 10.2. The number of aliphatic imine (C=N–C) groups is 1. The van der Waals surface area contributed by atoms with Crippen LogP contribution in [0.5, 0.6) is 0 Å². The van der Waals surface area contributed by atoms with Crippen LogP contribution in [0.2, 0.25) is 0 Å². The second-order valence-electron chi connectivity index (χ2n) is 6.27. The zero-order valence-electron chi connectivity index (χ0n) is 15.2. The van der Waals surface area contributed by atoms with Crippen molar-refractivity contribution in [1.29, 1.82) is 0 Å². The van der Waals surface area contributed by atoms with Crippen molar-refractivity contribution in [3.8, 4) is 0 Å². The standard InChI is InChI=1S/C17H35N3OS.HI/c1-4-18-16(19-12-7-8-14-22-3)20-15-17(11-13-21-2)9-5-6-10-17;/h4-15H2,1-3H3,(H2,18,19,20);1H. The van der Waals surface area contributed by atoms with Gasteiger partial charge in [-0.05, 0) is 56.5 Å². The largest absolute Gasteiger partial charge is 0.385 e. The van der Waals surface area contributed by atoms with E-state index in [1.165, 1.54) is 44.3 Å². The van der Waals surface area contributed by atoms with Crippen LogP contribution in [0.3, 0.4) is 0 Å². The molecule has 0 aliphatic heterocycles. The van der Waals surface area contributed by atoms with Crippen LogP contribution >= 0.6 is 35.7 Å². The Hall–Kier alpha value is 0.310. The fraction of sp³-hybridized carbons (Fsp3) is 0.941. The van der Waals surface area contributed by atoms with Gasteiger partial charge >= 0.3 is 0 Å². The summed E-state index contributed by atoms with van der Waals surface area (Å²) in [5.41, 5.74) is 0.372. The molecule has 0 aromatic heterocycles. The molecular formula is C17H36IN3OS. The van der Waals surface area contributed by atoms with Gasteiger partial charge in [0.05, 0.1) is 0 Å². The summed E-state index contributed by atoms with van der Waals surface area (Å²) in [7, 11) is 1.80. The Morgan fingerprint density at radius 1 is 1.22 bits per heavy atom. The maximum Gasteiger partial charge on any atom is 0.191 e. The molecule has 4 nitrogen and oxygen atoms in total. The first-order chi connectivity index (χ1) is 10.8.